The lowest BCUT2D eigenvalue weighted by molar-refractivity contribution is -0.418. The molecule has 10 heteroatoms. The van der Waals surface area contributed by atoms with Crippen molar-refractivity contribution in [3.63, 3.8) is 0 Å². The number of quaternary nitrogens is 1. The number of hydrogen-bond donors (Lipinski definition) is 3. The summed E-state index contributed by atoms with van der Waals surface area (Å²) < 4.78 is 12.0. The summed E-state index contributed by atoms with van der Waals surface area (Å²) in [6.07, 6.45) is 1.43. The molecule has 2 rings (SSSR count). The Hall–Kier alpha value is -2.46. The van der Waals surface area contributed by atoms with Crippen molar-refractivity contribution in [1.29, 1.82) is 0 Å². The van der Waals surface area contributed by atoms with Crippen LogP contribution < -0.4 is 17.0 Å². The van der Waals surface area contributed by atoms with Gasteiger partial charge < -0.3 is 20.9 Å². The number of nitrogens with one attached hydrogen (secondary N) is 1. The standard InChI is InChI=1S/C13H20N6O4/c1-7(2)8(14)12(21)23-4-3-22-6-19-5-16-9-10(19)17-13(15)18-11(9)20/h5,7-8H,3-4,6,14H2,1-2H3,(H3,15,17,18,20)/p+1. The molecule has 6 N–H and O–H groups in total. The van der Waals surface area contributed by atoms with Crippen molar-refractivity contribution in [2.45, 2.75) is 26.6 Å². The van der Waals surface area contributed by atoms with Gasteiger partial charge in [0.15, 0.2) is 17.2 Å². The van der Waals surface area contributed by atoms with E-state index in [9.17, 15) is 9.59 Å². The quantitative estimate of drug-likeness (QED) is 0.413. The van der Waals surface area contributed by atoms with E-state index in [1.54, 1.807) is 4.57 Å². The zero-order chi connectivity index (χ0) is 17.0. The molecule has 1 unspecified atom stereocenters. The monoisotopic (exact) mass is 325 g/mol. The second-order valence-electron chi connectivity index (χ2n) is 5.39. The fraction of sp³-hybridized carbons (Fsp3) is 0.538. The Kier molecular flexibility index (Phi) is 5.29. The summed E-state index contributed by atoms with van der Waals surface area (Å²) in [5, 5.41) is 0. The number of nitrogens with two attached hydrogens (primary N) is 1. The van der Waals surface area contributed by atoms with E-state index in [-0.39, 0.29) is 43.3 Å². The van der Waals surface area contributed by atoms with Crippen LogP contribution in [0.2, 0.25) is 0 Å². The molecule has 0 radical (unpaired) electrons. The number of carbonyl (C=O) groups is 1. The van der Waals surface area contributed by atoms with Gasteiger partial charge in [-0.05, 0) is 0 Å². The second-order valence-corrected chi connectivity index (χ2v) is 5.39. The number of aromatic amines is 1. The SMILES string of the molecule is CC(C)C([NH3+])C(=O)OCCOCn1cnc2c(=O)[nH]c(N)nc21. The third-order valence-electron chi connectivity index (χ3n) is 3.30. The van der Waals surface area contributed by atoms with Gasteiger partial charge in [0.25, 0.3) is 5.56 Å². The van der Waals surface area contributed by atoms with Crippen LogP contribution in [0.15, 0.2) is 11.1 Å². The van der Waals surface area contributed by atoms with E-state index in [0.29, 0.717) is 5.65 Å². The van der Waals surface area contributed by atoms with Crippen LogP contribution in [0.5, 0.6) is 0 Å². The van der Waals surface area contributed by atoms with Gasteiger partial charge >= 0.3 is 5.97 Å². The van der Waals surface area contributed by atoms with Gasteiger partial charge in [-0.1, -0.05) is 13.8 Å². The first-order valence-electron chi connectivity index (χ1n) is 7.18. The van der Waals surface area contributed by atoms with E-state index in [2.05, 4.69) is 20.7 Å². The highest BCUT2D eigenvalue weighted by Gasteiger charge is 2.22. The van der Waals surface area contributed by atoms with Gasteiger partial charge in [0.2, 0.25) is 5.95 Å². The third kappa shape index (κ3) is 4.05. The number of rotatable bonds is 7. The van der Waals surface area contributed by atoms with E-state index < -0.39 is 11.6 Å². The van der Waals surface area contributed by atoms with Crippen molar-refractivity contribution in [1.82, 2.24) is 19.5 Å². The predicted octanol–water partition coefficient (Wildman–Crippen LogP) is -1.51. The summed E-state index contributed by atoms with van der Waals surface area (Å²) in [6.45, 7) is 4.25. The molecule has 0 aliphatic heterocycles. The minimum atomic E-state index is -0.407. The molecule has 0 aromatic carbocycles. The van der Waals surface area contributed by atoms with E-state index >= 15 is 0 Å². The van der Waals surface area contributed by atoms with Crippen molar-refractivity contribution >= 4 is 23.1 Å². The van der Waals surface area contributed by atoms with Crippen LogP contribution in [-0.2, 0) is 21.0 Å². The minimum absolute atomic E-state index is 0.00773. The topological polar surface area (TPSA) is 153 Å². The Labute approximate surface area is 131 Å². The Morgan fingerprint density at radius 3 is 2.91 bits per heavy atom. The van der Waals surface area contributed by atoms with Gasteiger partial charge in [-0.25, -0.2) is 9.78 Å². The largest absolute Gasteiger partial charge is 0.459 e. The lowest BCUT2D eigenvalue weighted by Crippen LogP contribution is -2.67. The van der Waals surface area contributed by atoms with Crippen LogP contribution in [0.1, 0.15) is 13.8 Å². The number of nitrogen functional groups attached to an aromatic ring is 1. The molecule has 23 heavy (non-hydrogen) atoms. The Bertz CT molecular complexity index is 738. The number of ether oxygens (including phenoxy) is 2. The lowest BCUT2D eigenvalue weighted by Gasteiger charge is -2.11. The Balaban J connectivity index is 1.84. The second kappa shape index (κ2) is 7.20. The first-order chi connectivity index (χ1) is 10.9. The number of nitrogens with zero attached hydrogens (tertiary/aromatic N) is 3. The highest BCUT2D eigenvalue weighted by molar-refractivity contribution is 5.74. The summed E-state index contributed by atoms with van der Waals surface area (Å²) >= 11 is 0. The highest BCUT2D eigenvalue weighted by atomic mass is 16.6. The maximum absolute atomic E-state index is 11.6. The van der Waals surface area contributed by atoms with Gasteiger partial charge in [-0.3, -0.25) is 14.3 Å². The zero-order valence-corrected chi connectivity index (χ0v) is 13.1. The van der Waals surface area contributed by atoms with Gasteiger partial charge in [0, 0.05) is 5.92 Å². The fourth-order valence-corrected chi connectivity index (χ4v) is 1.81. The van der Waals surface area contributed by atoms with Crippen molar-refractivity contribution in [2.24, 2.45) is 5.92 Å². The molecule has 2 aromatic rings. The Morgan fingerprint density at radius 1 is 1.48 bits per heavy atom. The van der Waals surface area contributed by atoms with Crippen LogP contribution in [-0.4, -0.2) is 44.7 Å². The van der Waals surface area contributed by atoms with Crippen molar-refractivity contribution in [2.75, 3.05) is 18.9 Å². The molecule has 1 atom stereocenters. The number of hydrogen-bond acceptors (Lipinski definition) is 7. The summed E-state index contributed by atoms with van der Waals surface area (Å²) in [5.74, 6) is -0.221. The average Bonchev–Trinajstić information content (AvgIpc) is 2.89. The van der Waals surface area contributed by atoms with Crippen LogP contribution in [0, 0.1) is 5.92 Å². The van der Waals surface area contributed by atoms with Crippen molar-refractivity contribution in [3.05, 3.63) is 16.7 Å². The van der Waals surface area contributed by atoms with E-state index in [1.807, 2.05) is 13.8 Å². The number of carbonyl (C=O) groups excluding carboxylic acids is 1. The van der Waals surface area contributed by atoms with Crippen LogP contribution in [0.3, 0.4) is 0 Å². The first kappa shape index (κ1) is 16.9. The number of aromatic nitrogens is 4. The number of H-pyrrole nitrogens is 1. The highest BCUT2D eigenvalue weighted by Crippen LogP contribution is 2.06. The molecule has 0 saturated heterocycles. The molecule has 0 spiro atoms. The number of fused-ring (bicyclic) bond motifs is 1. The summed E-state index contributed by atoms with van der Waals surface area (Å²) in [6, 6.07) is -0.397. The molecule has 0 fully saturated rings. The minimum Gasteiger partial charge on any atom is -0.459 e. The van der Waals surface area contributed by atoms with Gasteiger partial charge in [-0.15, -0.1) is 0 Å². The number of anilines is 1. The van der Waals surface area contributed by atoms with Gasteiger partial charge in [-0.2, -0.15) is 4.98 Å². The molecule has 10 nitrogen and oxygen atoms in total. The third-order valence-corrected chi connectivity index (χ3v) is 3.30. The van der Waals surface area contributed by atoms with Gasteiger partial charge in [0.05, 0.1) is 12.9 Å². The molecular weight excluding hydrogens is 304 g/mol. The molecule has 2 heterocycles. The van der Waals surface area contributed by atoms with E-state index in [1.165, 1.54) is 6.33 Å². The molecule has 0 bridgehead atoms. The fourth-order valence-electron chi connectivity index (χ4n) is 1.81. The summed E-state index contributed by atoms with van der Waals surface area (Å²) in [5.41, 5.74) is 9.36. The maximum atomic E-state index is 11.6. The normalized spacial score (nSPS) is 12.7. The van der Waals surface area contributed by atoms with Gasteiger partial charge in [0.1, 0.15) is 13.3 Å². The molecule has 0 saturated carbocycles. The lowest BCUT2D eigenvalue weighted by atomic mass is 10.1. The Morgan fingerprint density at radius 2 is 2.22 bits per heavy atom. The van der Waals surface area contributed by atoms with Crippen molar-refractivity contribution in [3.8, 4) is 0 Å². The van der Waals surface area contributed by atoms with E-state index in [4.69, 9.17) is 15.2 Å². The first-order valence-corrected chi connectivity index (χ1v) is 7.18. The number of imidazole rings is 1. The van der Waals surface area contributed by atoms with Crippen LogP contribution in [0.4, 0.5) is 5.95 Å². The van der Waals surface area contributed by atoms with E-state index in [0.717, 1.165) is 0 Å². The molecule has 2 aromatic heterocycles. The molecule has 0 amide bonds. The molecule has 126 valence electrons. The molecule has 0 aliphatic rings. The number of esters is 1. The summed E-state index contributed by atoms with van der Waals surface area (Å²) in [4.78, 5) is 33.6. The van der Waals surface area contributed by atoms with Crippen molar-refractivity contribution < 1.29 is 20.0 Å². The summed E-state index contributed by atoms with van der Waals surface area (Å²) in [7, 11) is 0. The molecular formula is C13H21N6O4+. The zero-order valence-electron chi connectivity index (χ0n) is 13.1. The average molecular weight is 325 g/mol. The predicted molar refractivity (Wildman–Crippen MR) is 81.0 cm³/mol. The van der Waals surface area contributed by atoms with Crippen LogP contribution >= 0.6 is 0 Å². The smallest absolute Gasteiger partial charge is 0.365 e. The molecule has 0 aliphatic carbocycles. The van der Waals surface area contributed by atoms with Crippen LogP contribution in [0.25, 0.3) is 11.2 Å². The maximum Gasteiger partial charge on any atom is 0.365 e.